The van der Waals surface area contributed by atoms with Crippen molar-refractivity contribution in [3.63, 3.8) is 0 Å². The highest BCUT2D eigenvalue weighted by molar-refractivity contribution is 6.02. The van der Waals surface area contributed by atoms with Crippen molar-refractivity contribution in [3.05, 3.63) is 77.8 Å². The normalized spacial score (nSPS) is 13.8. The molecule has 1 atom stereocenters. The number of benzene rings is 2. The smallest absolute Gasteiger partial charge is 0.146 e. The molecule has 0 radical (unpaired) electrons. The first-order valence-corrected chi connectivity index (χ1v) is 11.7. The monoisotopic (exact) mass is 468 g/mol. The quantitative estimate of drug-likeness (QED) is 0.364. The number of fused-ring (bicyclic) bond motifs is 2. The molecule has 1 aliphatic carbocycles. The topological polar surface area (TPSA) is 94.6 Å². The SMILES string of the molecule is COc1cc2c(cc1-c1cn(C(C)c3cnc(-c4ccccc4F)[nH]3)c3ncnc(N)c13)CCC2. The van der Waals surface area contributed by atoms with E-state index in [9.17, 15) is 4.39 Å². The highest BCUT2D eigenvalue weighted by Gasteiger charge is 2.24. The molecule has 0 fully saturated rings. The van der Waals surface area contributed by atoms with E-state index >= 15 is 0 Å². The van der Waals surface area contributed by atoms with Gasteiger partial charge in [-0.1, -0.05) is 12.1 Å². The van der Waals surface area contributed by atoms with Crippen LogP contribution < -0.4 is 10.5 Å². The number of nitrogen functional groups attached to an aromatic ring is 1. The van der Waals surface area contributed by atoms with Crippen LogP contribution in [0, 0.1) is 5.82 Å². The van der Waals surface area contributed by atoms with Gasteiger partial charge in [-0.3, -0.25) is 0 Å². The van der Waals surface area contributed by atoms with Gasteiger partial charge in [-0.05, 0) is 61.6 Å². The molecule has 5 aromatic rings. The summed E-state index contributed by atoms with van der Waals surface area (Å²) in [6.07, 6.45) is 8.53. The first-order chi connectivity index (χ1) is 17.0. The molecule has 0 aliphatic heterocycles. The van der Waals surface area contributed by atoms with Crippen LogP contribution in [-0.4, -0.2) is 31.6 Å². The molecule has 176 valence electrons. The number of anilines is 1. The van der Waals surface area contributed by atoms with Crippen LogP contribution in [-0.2, 0) is 12.8 Å². The molecule has 0 spiro atoms. The number of nitrogens with zero attached hydrogens (tertiary/aromatic N) is 4. The summed E-state index contributed by atoms with van der Waals surface area (Å²) < 4.78 is 22.1. The molecule has 3 N–H and O–H groups in total. The highest BCUT2D eigenvalue weighted by atomic mass is 19.1. The van der Waals surface area contributed by atoms with Crippen LogP contribution in [0.2, 0.25) is 0 Å². The van der Waals surface area contributed by atoms with Crippen LogP contribution in [0.25, 0.3) is 33.5 Å². The summed E-state index contributed by atoms with van der Waals surface area (Å²) in [4.78, 5) is 16.6. The molecule has 3 heterocycles. The van der Waals surface area contributed by atoms with E-state index in [0.29, 0.717) is 22.9 Å². The fourth-order valence-electron chi connectivity index (χ4n) is 5.08. The Bertz CT molecular complexity index is 1570. The van der Waals surface area contributed by atoms with Crippen molar-refractivity contribution in [2.45, 2.75) is 32.2 Å². The van der Waals surface area contributed by atoms with Gasteiger partial charge in [-0.15, -0.1) is 0 Å². The van der Waals surface area contributed by atoms with Crippen LogP contribution in [0.3, 0.4) is 0 Å². The molecule has 6 rings (SSSR count). The minimum atomic E-state index is -0.320. The van der Waals surface area contributed by atoms with Crippen LogP contribution in [0.4, 0.5) is 10.2 Å². The molecule has 2 aromatic carbocycles. The number of hydrogen-bond acceptors (Lipinski definition) is 5. The van der Waals surface area contributed by atoms with Crippen molar-refractivity contribution in [1.82, 2.24) is 24.5 Å². The van der Waals surface area contributed by atoms with E-state index in [4.69, 9.17) is 10.5 Å². The van der Waals surface area contributed by atoms with Gasteiger partial charge in [0, 0.05) is 17.3 Å². The number of halogens is 1. The Kier molecular flexibility index (Phi) is 5.02. The van der Waals surface area contributed by atoms with E-state index in [2.05, 4.69) is 32.1 Å². The number of aromatic amines is 1. The molecular formula is C27H25FN6O. The Hall–Kier alpha value is -4.20. The number of aromatic nitrogens is 5. The van der Waals surface area contributed by atoms with Gasteiger partial charge in [0.1, 0.15) is 35.2 Å². The van der Waals surface area contributed by atoms with Crippen molar-refractivity contribution in [1.29, 1.82) is 0 Å². The molecule has 0 saturated carbocycles. The maximum Gasteiger partial charge on any atom is 0.146 e. The minimum absolute atomic E-state index is 0.172. The summed E-state index contributed by atoms with van der Waals surface area (Å²) in [5.41, 5.74) is 12.9. The Morgan fingerprint density at radius 3 is 2.66 bits per heavy atom. The number of nitrogens with two attached hydrogens (primary N) is 1. The highest BCUT2D eigenvalue weighted by Crippen LogP contribution is 2.42. The van der Waals surface area contributed by atoms with E-state index in [-0.39, 0.29) is 11.9 Å². The van der Waals surface area contributed by atoms with E-state index in [0.717, 1.165) is 47.2 Å². The number of methoxy groups -OCH3 is 1. The van der Waals surface area contributed by atoms with E-state index in [1.807, 2.05) is 17.7 Å². The van der Waals surface area contributed by atoms with E-state index in [1.54, 1.807) is 31.5 Å². The number of aryl methyl sites for hydroxylation is 2. The van der Waals surface area contributed by atoms with Gasteiger partial charge in [0.05, 0.1) is 36.0 Å². The summed E-state index contributed by atoms with van der Waals surface area (Å²) in [7, 11) is 1.69. The van der Waals surface area contributed by atoms with Gasteiger partial charge in [0.2, 0.25) is 0 Å². The van der Waals surface area contributed by atoms with Crippen LogP contribution in [0.5, 0.6) is 5.75 Å². The zero-order valence-corrected chi connectivity index (χ0v) is 19.5. The Morgan fingerprint density at radius 2 is 1.86 bits per heavy atom. The van der Waals surface area contributed by atoms with Crippen molar-refractivity contribution in [2.75, 3.05) is 12.8 Å². The number of rotatable bonds is 5. The molecule has 8 heteroatoms. The van der Waals surface area contributed by atoms with Crippen LogP contribution in [0.15, 0.2) is 55.1 Å². The molecular weight excluding hydrogens is 443 g/mol. The molecule has 1 aliphatic rings. The largest absolute Gasteiger partial charge is 0.496 e. The lowest BCUT2D eigenvalue weighted by Crippen LogP contribution is -2.07. The number of ether oxygens (including phenoxy) is 1. The Balaban J connectivity index is 1.49. The van der Waals surface area contributed by atoms with Crippen molar-refractivity contribution >= 4 is 16.9 Å². The summed E-state index contributed by atoms with van der Waals surface area (Å²) in [5.74, 6) is 1.38. The van der Waals surface area contributed by atoms with Gasteiger partial charge in [0.15, 0.2) is 0 Å². The van der Waals surface area contributed by atoms with Gasteiger partial charge < -0.3 is 20.0 Å². The predicted octanol–water partition coefficient (Wildman–Crippen LogP) is 5.32. The zero-order chi connectivity index (χ0) is 24.1. The zero-order valence-electron chi connectivity index (χ0n) is 19.5. The molecule has 35 heavy (non-hydrogen) atoms. The van der Waals surface area contributed by atoms with Crippen molar-refractivity contribution in [2.24, 2.45) is 0 Å². The molecule has 3 aromatic heterocycles. The lowest BCUT2D eigenvalue weighted by atomic mass is 9.99. The van der Waals surface area contributed by atoms with Gasteiger partial charge in [-0.25, -0.2) is 19.3 Å². The molecule has 0 saturated heterocycles. The Labute approximate surface area is 201 Å². The van der Waals surface area contributed by atoms with Crippen molar-refractivity contribution < 1.29 is 9.13 Å². The summed E-state index contributed by atoms with van der Waals surface area (Å²) in [6.45, 7) is 2.04. The molecule has 7 nitrogen and oxygen atoms in total. The third-order valence-corrected chi connectivity index (χ3v) is 6.93. The second-order valence-corrected chi connectivity index (χ2v) is 8.93. The second kappa shape index (κ2) is 8.23. The first kappa shape index (κ1) is 21.3. The van der Waals surface area contributed by atoms with Gasteiger partial charge >= 0.3 is 0 Å². The third kappa shape index (κ3) is 3.44. The number of imidazole rings is 1. The number of hydrogen-bond donors (Lipinski definition) is 2. The number of nitrogens with one attached hydrogen (secondary N) is 1. The standard InChI is InChI=1S/C27H25FN6O/c1-15(22-12-30-26(33-22)18-8-3-4-9-21(18)28)34-13-20(24-25(29)31-14-32-27(24)34)19-10-16-6-5-7-17(16)11-23(19)35-2/h3-4,8-15H,5-7H2,1-2H3,(H,30,33)(H2,29,31,32). The predicted molar refractivity (Wildman–Crippen MR) is 134 cm³/mol. The lowest BCUT2D eigenvalue weighted by molar-refractivity contribution is 0.416. The molecule has 0 amide bonds. The summed E-state index contributed by atoms with van der Waals surface area (Å²) in [6, 6.07) is 10.8. The van der Waals surface area contributed by atoms with Crippen LogP contribution in [0.1, 0.15) is 36.2 Å². The minimum Gasteiger partial charge on any atom is -0.496 e. The third-order valence-electron chi connectivity index (χ3n) is 6.93. The van der Waals surface area contributed by atoms with Gasteiger partial charge in [0.25, 0.3) is 0 Å². The maximum atomic E-state index is 14.3. The maximum absolute atomic E-state index is 14.3. The van der Waals surface area contributed by atoms with E-state index in [1.165, 1.54) is 23.5 Å². The van der Waals surface area contributed by atoms with Crippen LogP contribution >= 0.6 is 0 Å². The van der Waals surface area contributed by atoms with Crippen molar-refractivity contribution in [3.8, 4) is 28.3 Å². The molecule has 0 bridgehead atoms. The lowest BCUT2D eigenvalue weighted by Gasteiger charge is -2.13. The average Bonchev–Trinajstić information content (AvgIpc) is 3.61. The molecule has 1 unspecified atom stereocenters. The fraction of sp³-hybridized carbons (Fsp3) is 0.222. The summed E-state index contributed by atoms with van der Waals surface area (Å²) in [5, 5.41) is 0.782. The number of H-pyrrole nitrogens is 1. The first-order valence-electron chi connectivity index (χ1n) is 11.7. The van der Waals surface area contributed by atoms with Gasteiger partial charge in [-0.2, -0.15) is 0 Å². The fourth-order valence-corrected chi connectivity index (χ4v) is 5.08. The summed E-state index contributed by atoms with van der Waals surface area (Å²) >= 11 is 0. The second-order valence-electron chi connectivity index (χ2n) is 8.93. The Morgan fingerprint density at radius 1 is 1.06 bits per heavy atom. The average molecular weight is 469 g/mol. The van der Waals surface area contributed by atoms with E-state index < -0.39 is 0 Å².